The summed E-state index contributed by atoms with van der Waals surface area (Å²) in [6.45, 7) is 5.05. The molecule has 0 fully saturated rings. The van der Waals surface area contributed by atoms with Crippen LogP contribution in [0.4, 0.5) is 0 Å². The van der Waals surface area contributed by atoms with E-state index in [0.717, 1.165) is 19.8 Å². The topological polar surface area (TPSA) is 15.5 Å². The first-order valence-electron chi connectivity index (χ1n) is 3.54. The van der Waals surface area contributed by atoms with E-state index in [2.05, 4.69) is 23.4 Å². The lowest BCUT2D eigenvalue weighted by Gasteiger charge is -2.01. The van der Waals surface area contributed by atoms with Crippen molar-refractivity contribution in [2.24, 2.45) is 0 Å². The Morgan fingerprint density at radius 3 is 2.80 bits per heavy atom. The van der Waals surface area contributed by atoms with Crippen LogP contribution in [0.1, 0.15) is 6.92 Å². The summed E-state index contributed by atoms with van der Waals surface area (Å²) in [7, 11) is 3.83. The Hall–Kier alpha value is -0.570. The van der Waals surface area contributed by atoms with Crippen LogP contribution in [0.15, 0.2) is 0 Å². The second kappa shape index (κ2) is 3.01. The van der Waals surface area contributed by atoms with Crippen LogP contribution in [-0.4, -0.2) is 49.3 Å². The molecule has 0 aliphatic carbocycles. The summed E-state index contributed by atoms with van der Waals surface area (Å²) in [6.07, 6.45) is 0. The molecule has 0 aromatic rings. The van der Waals surface area contributed by atoms with E-state index < -0.39 is 0 Å². The molecule has 0 amide bonds. The van der Waals surface area contributed by atoms with Crippen LogP contribution in [0.2, 0.25) is 0 Å². The van der Waals surface area contributed by atoms with Crippen LogP contribution in [0.5, 0.6) is 0 Å². The SMILES string of the molecule is COC[N+]1=C(C)N(C)CC1. The maximum atomic E-state index is 5.02. The van der Waals surface area contributed by atoms with Crippen molar-refractivity contribution in [2.45, 2.75) is 6.92 Å². The summed E-state index contributed by atoms with van der Waals surface area (Å²) in [4.78, 5) is 2.24. The van der Waals surface area contributed by atoms with E-state index in [9.17, 15) is 0 Å². The molecule has 1 aliphatic heterocycles. The fourth-order valence-electron chi connectivity index (χ4n) is 1.15. The second-order valence-electron chi connectivity index (χ2n) is 2.65. The second-order valence-corrected chi connectivity index (χ2v) is 2.65. The molecule has 0 unspecified atom stereocenters. The standard InChI is InChI=1S/C7H15N2O/c1-7-8(2)4-5-9(7)6-10-3/h4-6H2,1-3H3/q+1. The number of methoxy groups -OCH3 is 1. The Bertz CT molecular complexity index is 154. The van der Waals surface area contributed by atoms with Crippen LogP contribution in [0.25, 0.3) is 0 Å². The maximum Gasteiger partial charge on any atom is 0.245 e. The quantitative estimate of drug-likeness (QED) is 0.504. The monoisotopic (exact) mass is 143 g/mol. The normalized spacial score (nSPS) is 18.9. The van der Waals surface area contributed by atoms with Crippen molar-refractivity contribution in [2.75, 3.05) is 34.0 Å². The number of nitrogens with zero attached hydrogens (tertiary/aromatic N) is 2. The minimum absolute atomic E-state index is 0.718. The van der Waals surface area contributed by atoms with Gasteiger partial charge in [0.15, 0.2) is 6.73 Å². The van der Waals surface area contributed by atoms with Crippen molar-refractivity contribution >= 4 is 5.84 Å². The van der Waals surface area contributed by atoms with Gasteiger partial charge in [0.25, 0.3) is 0 Å². The largest absolute Gasteiger partial charge is 0.345 e. The van der Waals surface area contributed by atoms with Gasteiger partial charge in [-0.1, -0.05) is 0 Å². The fraction of sp³-hybridized carbons (Fsp3) is 0.857. The molecule has 58 valence electrons. The van der Waals surface area contributed by atoms with Gasteiger partial charge in [-0.25, -0.2) is 4.58 Å². The first kappa shape index (κ1) is 7.54. The van der Waals surface area contributed by atoms with E-state index in [0.29, 0.717) is 0 Å². The third kappa shape index (κ3) is 1.29. The van der Waals surface area contributed by atoms with Gasteiger partial charge in [0.1, 0.15) is 13.1 Å². The smallest absolute Gasteiger partial charge is 0.245 e. The lowest BCUT2D eigenvalue weighted by Crippen LogP contribution is -2.22. The summed E-state index contributed by atoms with van der Waals surface area (Å²) in [6, 6.07) is 0. The Morgan fingerprint density at radius 1 is 1.70 bits per heavy atom. The summed E-state index contributed by atoms with van der Waals surface area (Å²) >= 11 is 0. The summed E-state index contributed by atoms with van der Waals surface area (Å²) in [5.41, 5.74) is 0. The van der Waals surface area contributed by atoms with Crippen molar-refractivity contribution in [3.05, 3.63) is 0 Å². The fourth-order valence-corrected chi connectivity index (χ4v) is 1.15. The minimum atomic E-state index is 0.718. The van der Waals surface area contributed by atoms with Crippen LogP contribution < -0.4 is 0 Å². The van der Waals surface area contributed by atoms with Gasteiger partial charge < -0.3 is 4.74 Å². The Morgan fingerprint density at radius 2 is 2.40 bits per heavy atom. The van der Waals surface area contributed by atoms with E-state index in [4.69, 9.17) is 4.74 Å². The van der Waals surface area contributed by atoms with Crippen LogP contribution in [0, 0.1) is 0 Å². The van der Waals surface area contributed by atoms with Crippen LogP contribution in [0.3, 0.4) is 0 Å². The first-order chi connectivity index (χ1) is 4.75. The molecular weight excluding hydrogens is 128 g/mol. The van der Waals surface area contributed by atoms with Crippen molar-refractivity contribution in [3.8, 4) is 0 Å². The molecule has 0 bridgehead atoms. The molecule has 0 atom stereocenters. The molecule has 0 spiro atoms. The molecule has 1 aliphatic rings. The molecule has 0 aromatic carbocycles. The van der Waals surface area contributed by atoms with E-state index in [1.54, 1.807) is 7.11 Å². The Kier molecular flexibility index (Phi) is 2.27. The van der Waals surface area contributed by atoms with Crippen LogP contribution >= 0.6 is 0 Å². The van der Waals surface area contributed by atoms with Crippen molar-refractivity contribution < 1.29 is 9.31 Å². The van der Waals surface area contributed by atoms with Gasteiger partial charge in [0, 0.05) is 14.0 Å². The highest BCUT2D eigenvalue weighted by Gasteiger charge is 2.21. The van der Waals surface area contributed by atoms with E-state index in [1.165, 1.54) is 5.84 Å². The molecule has 0 radical (unpaired) electrons. The van der Waals surface area contributed by atoms with E-state index >= 15 is 0 Å². The molecule has 0 saturated heterocycles. The van der Waals surface area contributed by atoms with Crippen molar-refractivity contribution in [3.63, 3.8) is 0 Å². The highest BCUT2D eigenvalue weighted by atomic mass is 16.5. The molecule has 10 heavy (non-hydrogen) atoms. The summed E-state index contributed by atoms with van der Waals surface area (Å²) < 4.78 is 7.25. The number of hydrogen-bond donors (Lipinski definition) is 0. The predicted octanol–water partition coefficient (Wildman–Crippen LogP) is -0.0334. The van der Waals surface area contributed by atoms with Crippen molar-refractivity contribution in [1.82, 2.24) is 4.90 Å². The minimum Gasteiger partial charge on any atom is -0.345 e. The zero-order chi connectivity index (χ0) is 7.56. The number of hydrogen-bond acceptors (Lipinski definition) is 2. The molecule has 1 rings (SSSR count). The van der Waals surface area contributed by atoms with Gasteiger partial charge in [-0.3, -0.25) is 4.90 Å². The average molecular weight is 143 g/mol. The summed E-state index contributed by atoms with van der Waals surface area (Å²) in [5.74, 6) is 1.31. The molecule has 3 nitrogen and oxygen atoms in total. The van der Waals surface area contributed by atoms with E-state index in [1.807, 2.05) is 0 Å². The number of likely N-dealkylation sites (N-methyl/N-ethyl adjacent to an activating group) is 1. The molecule has 3 heteroatoms. The lowest BCUT2D eigenvalue weighted by molar-refractivity contribution is -0.557. The number of rotatable bonds is 2. The Balaban J connectivity index is 2.56. The molecule has 0 saturated carbocycles. The first-order valence-corrected chi connectivity index (χ1v) is 3.54. The van der Waals surface area contributed by atoms with E-state index in [-0.39, 0.29) is 0 Å². The third-order valence-electron chi connectivity index (χ3n) is 2.00. The molecule has 1 heterocycles. The average Bonchev–Trinajstić information content (AvgIpc) is 2.20. The zero-order valence-corrected chi connectivity index (χ0v) is 6.92. The van der Waals surface area contributed by atoms with Crippen LogP contribution in [-0.2, 0) is 4.74 Å². The highest BCUT2D eigenvalue weighted by Crippen LogP contribution is 1.96. The predicted molar refractivity (Wildman–Crippen MR) is 40.3 cm³/mol. The Labute approximate surface area is 61.9 Å². The van der Waals surface area contributed by atoms with Crippen molar-refractivity contribution in [1.29, 1.82) is 0 Å². The van der Waals surface area contributed by atoms with Gasteiger partial charge >= 0.3 is 0 Å². The van der Waals surface area contributed by atoms with Gasteiger partial charge in [0.05, 0.1) is 7.05 Å². The van der Waals surface area contributed by atoms with Gasteiger partial charge in [0.2, 0.25) is 5.84 Å². The molecular formula is C7H15N2O+. The molecule has 0 aromatic heterocycles. The van der Waals surface area contributed by atoms with Gasteiger partial charge in [-0.2, -0.15) is 0 Å². The highest BCUT2D eigenvalue weighted by molar-refractivity contribution is 5.75. The summed E-state index contributed by atoms with van der Waals surface area (Å²) in [5, 5.41) is 0. The molecule has 0 N–H and O–H groups in total. The zero-order valence-electron chi connectivity index (χ0n) is 6.92. The number of ether oxygens (including phenoxy) is 1. The van der Waals surface area contributed by atoms with Gasteiger partial charge in [-0.15, -0.1) is 0 Å². The maximum absolute atomic E-state index is 5.02. The lowest BCUT2D eigenvalue weighted by atomic mass is 10.6. The van der Waals surface area contributed by atoms with Gasteiger partial charge in [-0.05, 0) is 0 Å². The number of amidine groups is 1. The third-order valence-corrected chi connectivity index (χ3v) is 2.00.